The lowest BCUT2D eigenvalue weighted by atomic mass is 9.91. The average molecular weight is 273 g/mol. The van der Waals surface area contributed by atoms with Crippen LogP contribution in [0.15, 0.2) is 24.3 Å². The summed E-state index contributed by atoms with van der Waals surface area (Å²) in [6.07, 6.45) is 0.681. The molecule has 4 heteroatoms. The Balaban J connectivity index is 2.29. The molecule has 0 aliphatic heterocycles. The van der Waals surface area contributed by atoms with Crippen LogP contribution in [0.3, 0.4) is 0 Å². The van der Waals surface area contributed by atoms with E-state index in [0.29, 0.717) is 6.42 Å². The topological polar surface area (TPSA) is 37.3 Å². The van der Waals surface area contributed by atoms with E-state index in [2.05, 4.69) is 0 Å². The minimum Gasteiger partial charge on any atom is -0.481 e. The summed E-state index contributed by atoms with van der Waals surface area (Å²) < 4.78 is 0. The predicted molar refractivity (Wildman–Crippen MR) is 73.6 cm³/mol. The Bertz CT molecular complexity index is 374. The lowest BCUT2D eigenvalue weighted by Crippen LogP contribution is -2.24. The molecule has 0 bridgehead atoms. The summed E-state index contributed by atoms with van der Waals surface area (Å²) in [6, 6.07) is 7.74. The first-order chi connectivity index (χ1) is 7.92. The quantitative estimate of drug-likeness (QED) is 0.793. The zero-order valence-electron chi connectivity index (χ0n) is 10.1. The Morgan fingerprint density at radius 1 is 1.35 bits per heavy atom. The van der Waals surface area contributed by atoms with Crippen LogP contribution in [-0.2, 0) is 10.5 Å². The summed E-state index contributed by atoms with van der Waals surface area (Å²) in [5.74, 6) is 1.01. The van der Waals surface area contributed by atoms with E-state index in [1.165, 1.54) is 5.56 Å². The first-order valence-corrected chi connectivity index (χ1v) is 7.01. The molecule has 0 heterocycles. The SMILES string of the molecule is CC(C)(CCSCc1ccc(Cl)cc1)C(=O)O. The van der Waals surface area contributed by atoms with E-state index in [1.54, 1.807) is 25.6 Å². The molecule has 0 aromatic heterocycles. The highest BCUT2D eigenvalue weighted by atomic mass is 35.5. The molecule has 1 aromatic carbocycles. The molecule has 17 heavy (non-hydrogen) atoms. The van der Waals surface area contributed by atoms with E-state index < -0.39 is 11.4 Å². The normalized spacial score (nSPS) is 11.5. The van der Waals surface area contributed by atoms with E-state index >= 15 is 0 Å². The fourth-order valence-electron chi connectivity index (χ4n) is 1.20. The van der Waals surface area contributed by atoms with E-state index in [-0.39, 0.29) is 0 Å². The molecule has 0 spiro atoms. The summed E-state index contributed by atoms with van der Waals surface area (Å²) in [7, 11) is 0. The van der Waals surface area contributed by atoms with Crippen LogP contribution in [0.4, 0.5) is 0 Å². The first kappa shape index (κ1) is 14.4. The molecule has 0 aliphatic carbocycles. The first-order valence-electron chi connectivity index (χ1n) is 5.47. The molecule has 0 amide bonds. The second kappa shape index (κ2) is 6.31. The molecule has 0 radical (unpaired) electrons. The zero-order chi connectivity index (χ0) is 12.9. The van der Waals surface area contributed by atoms with Crippen molar-refractivity contribution >= 4 is 29.3 Å². The van der Waals surface area contributed by atoms with Gasteiger partial charge in [-0.1, -0.05) is 23.7 Å². The number of benzene rings is 1. The van der Waals surface area contributed by atoms with Crippen LogP contribution < -0.4 is 0 Å². The van der Waals surface area contributed by atoms with Gasteiger partial charge in [0.15, 0.2) is 0 Å². The third-order valence-corrected chi connectivity index (χ3v) is 3.91. The van der Waals surface area contributed by atoms with Crippen LogP contribution in [0, 0.1) is 5.41 Å². The lowest BCUT2D eigenvalue weighted by Gasteiger charge is -2.18. The molecule has 0 saturated heterocycles. The molecule has 0 fully saturated rings. The van der Waals surface area contributed by atoms with Gasteiger partial charge in [-0.3, -0.25) is 4.79 Å². The average Bonchev–Trinajstić information content (AvgIpc) is 2.26. The van der Waals surface area contributed by atoms with Gasteiger partial charge in [-0.15, -0.1) is 0 Å². The number of carboxylic acids is 1. The highest BCUT2D eigenvalue weighted by molar-refractivity contribution is 7.98. The summed E-state index contributed by atoms with van der Waals surface area (Å²) in [5, 5.41) is 9.71. The molecule has 1 aromatic rings. The highest BCUT2D eigenvalue weighted by Crippen LogP contribution is 2.24. The Morgan fingerprint density at radius 2 is 1.94 bits per heavy atom. The van der Waals surface area contributed by atoms with Crippen LogP contribution >= 0.6 is 23.4 Å². The maximum absolute atomic E-state index is 10.9. The molecule has 2 nitrogen and oxygen atoms in total. The fraction of sp³-hybridized carbons (Fsp3) is 0.462. The summed E-state index contributed by atoms with van der Waals surface area (Å²) in [5.41, 5.74) is 0.583. The predicted octanol–water partition coefficient (Wildman–Crippen LogP) is 4.07. The van der Waals surface area contributed by atoms with Gasteiger partial charge < -0.3 is 5.11 Å². The van der Waals surface area contributed by atoms with Crippen molar-refractivity contribution in [2.45, 2.75) is 26.0 Å². The van der Waals surface area contributed by atoms with Gasteiger partial charge >= 0.3 is 5.97 Å². The number of carbonyl (C=O) groups is 1. The van der Waals surface area contributed by atoms with Gasteiger partial charge in [0.1, 0.15) is 0 Å². The number of aliphatic carboxylic acids is 1. The fourth-order valence-corrected chi connectivity index (χ4v) is 2.56. The summed E-state index contributed by atoms with van der Waals surface area (Å²) in [6.45, 7) is 3.52. The molecule has 1 rings (SSSR count). The minimum absolute atomic E-state index is 0.632. The Morgan fingerprint density at radius 3 is 2.47 bits per heavy atom. The van der Waals surface area contributed by atoms with Crippen molar-refractivity contribution in [2.24, 2.45) is 5.41 Å². The largest absolute Gasteiger partial charge is 0.481 e. The van der Waals surface area contributed by atoms with Gasteiger partial charge in [0.2, 0.25) is 0 Å². The second-order valence-corrected chi connectivity index (χ2v) is 6.16. The standard InChI is InChI=1S/C13H17ClO2S/c1-13(2,12(15)16)7-8-17-9-10-3-5-11(14)6-4-10/h3-6H,7-9H2,1-2H3,(H,15,16). The molecule has 0 unspecified atom stereocenters. The smallest absolute Gasteiger partial charge is 0.309 e. The van der Waals surface area contributed by atoms with Gasteiger partial charge in [0, 0.05) is 10.8 Å². The van der Waals surface area contributed by atoms with Crippen LogP contribution in [0.2, 0.25) is 5.02 Å². The number of hydrogen-bond donors (Lipinski definition) is 1. The van der Waals surface area contributed by atoms with Crippen LogP contribution in [0.5, 0.6) is 0 Å². The van der Waals surface area contributed by atoms with Gasteiger partial charge in [0.25, 0.3) is 0 Å². The summed E-state index contributed by atoms with van der Waals surface area (Å²) in [4.78, 5) is 10.9. The van der Waals surface area contributed by atoms with Crippen LogP contribution in [-0.4, -0.2) is 16.8 Å². The molecule has 1 N–H and O–H groups in total. The van der Waals surface area contributed by atoms with Crippen LogP contribution in [0.1, 0.15) is 25.8 Å². The Kier molecular flexibility index (Phi) is 5.34. The van der Waals surface area contributed by atoms with Gasteiger partial charge in [0.05, 0.1) is 5.41 Å². The lowest BCUT2D eigenvalue weighted by molar-refractivity contribution is -0.146. The molecule has 94 valence electrons. The highest BCUT2D eigenvalue weighted by Gasteiger charge is 2.26. The van der Waals surface area contributed by atoms with Crippen molar-refractivity contribution in [3.8, 4) is 0 Å². The second-order valence-electron chi connectivity index (χ2n) is 4.62. The Hall–Kier alpha value is -0.670. The van der Waals surface area contributed by atoms with Crippen LogP contribution in [0.25, 0.3) is 0 Å². The number of rotatable bonds is 6. The van der Waals surface area contributed by atoms with Gasteiger partial charge in [-0.25, -0.2) is 0 Å². The monoisotopic (exact) mass is 272 g/mol. The van der Waals surface area contributed by atoms with Crippen molar-refractivity contribution in [2.75, 3.05) is 5.75 Å². The van der Waals surface area contributed by atoms with E-state index in [1.807, 2.05) is 24.3 Å². The van der Waals surface area contributed by atoms with E-state index in [4.69, 9.17) is 16.7 Å². The van der Waals surface area contributed by atoms with Gasteiger partial charge in [-0.2, -0.15) is 11.8 Å². The molecular formula is C13H17ClO2S. The third kappa shape index (κ3) is 5.00. The summed E-state index contributed by atoms with van der Waals surface area (Å²) >= 11 is 7.55. The molecule has 0 aliphatic rings. The van der Waals surface area contributed by atoms with Crippen molar-refractivity contribution < 1.29 is 9.90 Å². The van der Waals surface area contributed by atoms with E-state index in [0.717, 1.165) is 16.5 Å². The van der Waals surface area contributed by atoms with Crippen molar-refractivity contribution in [1.29, 1.82) is 0 Å². The molecule has 0 atom stereocenters. The number of hydrogen-bond acceptors (Lipinski definition) is 2. The zero-order valence-corrected chi connectivity index (χ0v) is 11.6. The van der Waals surface area contributed by atoms with Crippen molar-refractivity contribution in [3.05, 3.63) is 34.9 Å². The number of thioether (sulfide) groups is 1. The maximum Gasteiger partial charge on any atom is 0.309 e. The van der Waals surface area contributed by atoms with E-state index in [9.17, 15) is 4.79 Å². The minimum atomic E-state index is -0.732. The number of halogens is 1. The Labute approximate surface area is 111 Å². The van der Waals surface area contributed by atoms with Gasteiger partial charge in [-0.05, 0) is 43.7 Å². The molecule has 0 saturated carbocycles. The molecular weight excluding hydrogens is 256 g/mol. The third-order valence-electron chi connectivity index (χ3n) is 2.63. The maximum atomic E-state index is 10.9. The van der Waals surface area contributed by atoms with Crippen molar-refractivity contribution in [3.63, 3.8) is 0 Å². The van der Waals surface area contributed by atoms with Crippen molar-refractivity contribution in [1.82, 2.24) is 0 Å². The number of carboxylic acid groups (broad SMARTS) is 1.